The number of carbonyl (C=O) groups excluding carboxylic acids is 1. The highest BCUT2D eigenvalue weighted by Gasteiger charge is 2.18. The Bertz CT molecular complexity index is 548. The minimum absolute atomic E-state index is 0.0642. The summed E-state index contributed by atoms with van der Waals surface area (Å²) >= 11 is 0. The summed E-state index contributed by atoms with van der Waals surface area (Å²) in [6.45, 7) is 2.97. The Kier molecular flexibility index (Phi) is 6.44. The summed E-state index contributed by atoms with van der Waals surface area (Å²) in [6.07, 6.45) is 4.97. The molecular weight excluding hydrogens is 288 g/mol. The molecule has 0 aliphatic heterocycles. The largest absolute Gasteiger partial charge is 0.355 e. The van der Waals surface area contributed by atoms with Crippen LogP contribution in [0.1, 0.15) is 48.5 Å². The fourth-order valence-electron chi connectivity index (χ4n) is 2.95. The van der Waals surface area contributed by atoms with E-state index in [1.165, 1.54) is 25.7 Å². The maximum Gasteiger partial charge on any atom is 0.251 e. The number of carbonyl (C=O) groups is 1. The van der Waals surface area contributed by atoms with Crippen molar-refractivity contribution in [2.24, 2.45) is 10.9 Å². The van der Waals surface area contributed by atoms with Gasteiger partial charge in [0.05, 0.1) is 0 Å². The molecular formula is C18H28N4O. The number of guanidine groups is 1. The molecule has 0 heterocycles. The zero-order valence-electron chi connectivity index (χ0n) is 14.4. The van der Waals surface area contributed by atoms with E-state index in [1.54, 1.807) is 14.1 Å². The topological polar surface area (TPSA) is 65.5 Å². The van der Waals surface area contributed by atoms with Crippen molar-refractivity contribution in [2.75, 3.05) is 14.1 Å². The predicted octanol–water partition coefficient (Wildman–Crippen LogP) is 2.29. The molecule has 5 heteroatoms. The number of nitrogens with one attached hydrogen (secondary N) is 3. The Balaban J connectivity index is 1.87. The van der Waals surface area contributed by atoms with Crippen LogP contribution in [0.5, 0.6) is 0 Å². The maximum atomic E-state index is 11.7. The standard InChI is InChI=1S/C18H28N4O/c1-13-7-9-16(10-8-13)22-18(20-3)21-12-14-5-4-6-15(11-14)17(23)19-2/h4-6,11,13,16H,7-10,12H2,1-3H3,(H,19,23)(H2,20,21,22). The third-order valence-corrected chi connectivity index (χ3v) is 4.46. The second kappa shape index (κ2) is 8.56. The first-order valence-corrected chi connectivity index (χ1v) is 8.40. The molecule has 126 valence electrons. The Morgan fingerprint density at radius 1 is 1.26 bits per heavy atom. The molecule has 23 heavy (non-hydrogen) atoms. The van der Waals surface area contributed by atoms with E-state index < -0.39 is 0 Å². The lowest BCUT2D eigenvalue weighted by Crippen LogP contribution is -2.44. The molecule has 0 atom stereocenters. The van der Waals surface area contributed by atoms with Gasteiger partial charge >= 0.3 is 0 Å². The molecule has 0 aromatic heterocycles. The molecule has 2 rings (SSSR count). The van der Waals surface area contributed by atoms with Crippen LogP contribution in [0.4, 0.5) is 0 Å². The maximum absolute atomic E-state index is 11.7. The normalized spacial score (nSPS) is 21.6. The second-order valence-electron chi connectivity index (χ2n) is 6.31. The highest BCUT2D eigenvalue weighted by atomic mass is 16.1. The van der Waals surface area contributed by atoms with Crippen molar-refractivity contribution in [3.8, 4) is 0 Å². The molecule has 5 nitrogen and oxygen atoms in total. The number of rotatable bonds is 4. The highest BCUT2D eigenvalue weighted by Crippen LogP contribution is 2.23. The highest BCUT2D eigenvalue weighted by molar-refractivity contribution is 5.94. The van der Waals surface area contributed by atoms with E-state index in [1.807, 2.05) is 24.3 Å². The molecule has 0 bridgehead atoms. The van der Waals surface area contributed by atoms with Crippen LogP contribution in [0.3, 0.4) is 0 Å². The molecule has 1 aromatic rings. The Morgan fingerprint density at radius 3 is 2.65 bits per heavy atom. The molecule has 0 spiro atoms. The predicted molar refractivity (Wildman–Crippen MR) is 94.6 cm³/mol. The number of hydrogen-bond acceptors (Lipinski definition) is 2. The average Bonchev–Trinajstić information content (AvgIpc) is 2.59. The van der Waals surface area contributed by atoms with Crippen molar-refractivity contribution in [3.63, 3.8) is 0 Å². The van der Waals surface area contributed by atoms with Gasteiger partial charge in [-0.2, -0.15) is 0 Å². The molecule has 1 aliphatic carbocycles. The van der Waals surface area contributed by atoms with Gasteiger partial charge in [-0.25, -0.2) is 0 Å². The number of hydrogen-bond donors (Lipinski definition) is 3. The van der Waals surface area contributed by atoms with Crippen LogP contribution in [0.15, 0.2) is 29.3 Å². The smallest absolute Gasteiger partial charge is 0.251 e. The lowest BCUT2D eigenvalue weighted by atomic mass is 9.87. The first-order chi connectivity index (χ1) is 11.1. The van der Waals surface area contributed by atoms with Gasteiger partial charge in [0.25, 0.3) is 5.91 Å². The van der Waals surface area contributed by atoms with Crippen LogP contribution in [0, 0.1) is 5.92 Å². The van der Waals surface area contributed by atoms with Gasteiger partial charge in [0.1, 0.15) is 0 Å². The number of benzene rings is 1. The molecule has 3 N–H and O–H groups in total. The zero-order valence-corrected chi connectivity index (χ0v) is 14.4. The molecule has 0 saturated heterocycles. The number of amides is 1. The summed E-state index contributed by atoms with van der Waals surface area (Å²) in [7, 11) is 3.44. The van der Waals surface area contributed by atoms with Crippen LogP contribution in [-0.4, -0.2) is 32.0 Å². The average molecular weight is 316 g/mol. The van der Waals surface area contributed by atoms with Crippen molar-refractivity contribution >= 4 is 11.9 Å². The minimum Gasteiger partial charge on any atom is -0.355 e. The molecule has 1 aromatic carbocycles. The zero-order chi connectivity index (χ0) is 16.7. The van der Waals surface area contributed by atoms with Gasteiger partial charge in [-0.05, 0) is 49.3 Å². The van der Waals surface area contributed by atoms with Crippen LogP contribution < -0.4 is 16.0 Å². The fraction of sp³-hybridized carbons (Fsp3) is 0.556. The summed E-state index contributed by atoms with van der Waals surface area (Å²) in [5.74, 6) is 1.61. The van der Waals surface area contributed by atoms with Crippen LogP contribution in [-0.2, 0) is 6.54 Å². The Labute approximate surface area is 139 Å². The first-order valence-electron chi connectivity index (χ1n) is 8.40. The van der Waals surface area contributed by atoms with Crippen LogP contribution in [0.2, 0.25) is 0 Å². The third-order valence-electron chi connectivity index (χ3n) is 4.46. The second-order valence-corrected chi connectivity index (χ2v) is 6.31. The van der Waals surface area contributed by atoms with Gasteiger partial charge in [-0.3, -0.25) is 9.79 Å². The monoisotopic (exact) mass is 316 g/mol. The van der Waals surface area contributed by atoms with Crippen molar-refractivity contribution in [3.05, 3.63) is 35.4 Å². The van der Waals surface area contributed by atoms with Crippen molar-refractivity contribution in [1.82, 2.24) is 16.0 Å². The quantitative estimate of drug-likeness (QED) is 0.590. The molecule has 1 saturated carbocycles. The molecule has 0 unspecified atom stereocenters. The van der Waals surface area contributed by atoms with Gasteiger partial charge in [-0.1, -0.05) is 19.1 Å². The Morgan fingerprint density at radius 2 is 2.00 bits per heavy atom. The fourth-order valence-corrected chi connectivity index (χ4v) is 2.95. The summed E-state index contributed by atoms with van der Waals surface area (Å²) in [5, 5.41) is 9.49. The van der Waals surface area contributed by atoms with E-state index >= 15 is 0 Å². The van der Waals surface area contributed by atoms with E-state index in [0.29, 0.717) is 18.2 Å². The molecule has 0 radical (unpaired) electrons. The number of nitrogens with zero attached hydrogens (tertiary/aromatic N) is 1. The van der Waals surface area contributed by atoms with Crippen LogP contribution in [0.25, 0.3) is 0 Å². The summed E-state index contributed by atoms with van der Waals surface area (Å²) in [5.41, 5.74) is 1.74. The lowest BCUT2D eigenvalue weighted by Gasteiger charge is -2.28. The van der Waals surface area contributed by atoms with Crippen LogP contribution >= 0.6 is 0 Å². The molecule has 1 aliphatic rings. The van der Waals surface area contributed by atoms with E-state index in [-0.39, 0.29) is 5.91 Å². The summed E-state index contributed by atoms with van der Waals surface area (Å²) < 4.78 is 0. The summed E-state index contributed by atoms with van der Waals surface area (Å²) in [4.78, 5) is 16.0. The SMILES string of the molecule is CN=C(NCc1cccc(C(=O)NC)c1)NC1CCC(C)CC1. The first kappa shape index (κ1) is 17.3. The van der Waals surface area contributed by atoms with Gasteiger partial charge in [-0.15, -0.1) is 0 Å². The van der Waals surface area contributed by atoms with Gasteiger partial charge in [0.2, 0.25) is 0 Å². The van der Waals surface area contributed by atoms with Gasteiger partial charge in [0.15, 0.2) is 5.96 Å². The lowest BCUT2D eigenvalue weighted by molar-refractivity contribution is 0.0963. The van der Waals surface area contributed by atoms with E-state index in [0.717, 1.165) is 17.4 Å². The Hall–Kier alpha value is -2.04. The molecule has 1 fully saturated rings. The van der Waals surface area contributed by atoms with Crippen molar-refractivity contribution in [1.29, 1.82) is 0 Å². The summed E-state index contributed by atoms with van der Waals surface area (Å²) in [6, 6.07) is 8.14. The number of aliphatic imine (C=N–C) groups is 1. The van der Waals surface area contributed by atoms with E-state index in [4.69, 9.17) is 0 Å². The van der Waals surface area contributed by atoms with E-state index in [2.05, 4.69) is 27.9 Å². The van der Waals surface area contributed by atoms with E-state index in [9.17, 15) is 4.79 Å². The minimum atomic E-state index is -0.0642. The van der Waals surface area contributed by atoms with Crippen molar-refractivity contribution < 1.29 is 4.79 Å². The third kappa shape index (κ3) is 5.27. The van der Waals surface area contributed by atoms with Gasteiger partial charge < -0.3 is 16.0 Å². The van der Waals surface area contributed by atoms with Gasteiger partial charge in [0, 0.05) is 32.2 Å². The molecule has 1 amide bonds. The van der Waals surface area contributed by atoms with Crippen molar-refractivity contribution in [2.45, 2.75) is 45.2 Å².